The summed E-state index contributed by atoms with van der Waals surface area (Å²) >= 11 is 0. The van der Waals surface area contributed by atoms with Crippen molar-refractivity contribution in [3.8, 4) is 0 Å². The normalized spacial score (nSPS) is 11.3. The number of hydrogen-bond donors (Lipinski definition) is 1. The van der Waals surface area contributed by atoms with Gasteiger partial charge in [-0.25, -0.2) is 4.98 Å². The third-order valence-corrected chi connectivity index (χ3v) is 2.00. The number of aliphatic hydroxyl groups is 1. The largest absolute Gasteiger partial charge is 0.405 e. The lowest BCUT2D eigenvalue weighted by molar-refractivity contribution is -0.384. The van der Waals surface area contributed by atoms with Crippen LogP contribution in [0.4, 0.5) is 24.7 Å². The molecule has 0 atom stereocenters. The van der Waals surface area contributed by atoms with Crippen LogP contribution >= 0.6 is 0 Å². The molecule has 0 saturated heterocycles. The van der Waals surface area contributed by atoms with E-state index in [4.69, 9.17) is 5.11 Å². The molecule has 0 aromatic carbocycles. The molecule has 0 spiro atoms. The zero-order chi connectivity index (χ0) is 13.8. The van der Waals surface area contributed by atoms with Crippen LogP contribution in [0.1, 0.15) is 0 Å². The van der Waals surface area contributed by atoms with Crippen LogP contribution in [0.25, 0.3) is 0 Å². The van der Waals surface area contributed by atoms with Gasteiger partial charge in [0.05, 0.1) is 17.6 Å². The predicted octanol–water partition coefficient (Wildman–Crippen LogP) is 1.35. The lowest BCUT2D eigenvalue weighted by atomic mass is 10.3. The quantitative estimate of drug-likeness (QED) is 0.642. The van der Waals surface area contributed by atoms with Gasteiger partial charge < -0.3 is 10.0 Å². The number of halogens is 3. The molecule has 1 rings (SSSR count). The third-order valence-electron chi connectivity index (χ3n) is 2.00. The van der Waals surface area contributed by atoms with Gasteiger partial charge in [-0.05, 0) is 0 Å². The molecule has 6 nitrogen and oxygen atoms in total. The van der Waals surface area contributed by atoms with Crippen molar-refractivity contribution >= 4 is 11.5 Å². The summed E-state index contributed by atoms with van der Waals surface area (Å²) in [6.07, 6.45) is -3.43. The summed E-state index contributed by atoms with van der Waals surface area (Å²) in [6, 6.07) is 2.01. The Kier molecular flexibility index (Phi) is 4.43. The fourth-order valence-corrected chi connectivity index (χ4v) is 1.31. The van der Waals surface area contributed by atoms with Crippen LogP contribution in [0.3, 0.4) is 0 Å². The Hall–Kier alpha value is -1.90. The van der Waals surface area contributed by atoms with Crippen LogP contribution in [0.5, 0.6) is 0 Å². The van der Waals surface area contributed by atoms with Crippen LogP contribution in [0.2, 0.25) is 0 Å². The molecule has 0 bridgehead atoms. The molecule has 0 unspecified atom stereocenters. The summed E-state index contributed by atoms with van der Waals surface area (Å²) in [7, 11) is 0. The summed E-state index contributed by atoms with van der Waals surface area (Å²) in [5.41, 5.74) is -0.356. The Morgan fingerprint density at radius 3 is 2.67 bits per heavy atom. The van der Waals surface area contributed by atoms with Crippen LogP contribution in [0.15, 0.2) is 18.3 Å². The van der Waals surface area contributed by atoms with Gasteiger partial charge >= 0.3 is 6.18 Å². The molecule has 0 saturated carbocycles. The van der Waals surface area contributed by atoms with Crippen molar-refractivity contribution < 1.29 is 23.2 Å². The highest BCUT2D eigenvalue weighted by Gasteiger charge is 2.31. The van der Waals surface area contributed by atoms with Gasteiger partial charge in [0.25, 0.3) is 5.69 Å². The molecule has 100 valence electrons. The molecule has 18 heavy (non-hydrogen) atoms. The van der Waals surface area contributed by atoms with Crippen molar-refractivity contribution in [2.45, 2.75) is 6.18 Å². The molecule has 9 heteroatoms. The minimum Gasteiger partial charge on any atom is -0.395 e. The van der Waals surface area contributed by atoms with Crippen molar-refractivity contribution in [1.82, 2.24) is 4.98 Å². The number of anilines is 1. The van der Waals surface area contributed by atoms with E-state index >= 15 is 0 Å². The number of aliphatic hydroxyl groups excluding tert-OH is 1. The van der Waals surface area contributed by atoms with Gasteiger partial charge in [0.15, 0.2) is 0 Å². The average molecular weight is 265 g/mol. The number of rotatable bonds is 5. The number of hydrogen-bond acceptors (Lipinski definition) is 5. The highest BCUT2D eigenvalue weighted by atomic mass is 19.4. The Bertz CT molecular complexity index is 425. The summed E-state index contributed by atoms with van der Waals surface area (Å²) in [5, 5.41) is 19.2. The summed E-state index contributed by atoms with van der Waals surface area (Å²) in [4.78, 5) is 14.1. The molecule has 0 fully saturated rings. The third kappa shape index (κ3) is 4.17. The lowest BCUT2D eigenvalue weighted by Gasteiger charge is -2.23. The molecule has 0 radical (unpaired) electrons. The Labute approximate surface area is 99.8 Å². The number of alkyl halides is 3. The van der Waals surface area contributed by atoms with Crippen LogP contribution in [-0.4, -0.2) is 40.9 Å². The fourth-order valence-electron chi connectivity index (χ4n) is 1.31. The second-order valence-corrected chi connectivity index (χ2v) is 3.39. The highest BCUT2D eigenvalue weighted by Crippen LogP contribution is 2.23. The maximum Gasteiger partial charge on any atom is 0.405 e. The Morgan fingerprint density at radius 2 is 2.17 bits per heavy atom. The summed E-state index contributed by atoms with van der Waals surface area (Å²) in [5.74, 6) is -0.199. The second kappa shape index (κ2) is 5.63. The fraction of sp³-hybridized carbons (Fsp3) is 0.444. The minimum absolute atomic E-state index is 0.199. The minimum atomic E-state index is -4.48. The molecule has 1 heterocycles. The monoisotopic (exact) mass is 265 g/mol. The topological polar surface area (TPSA) is 79.5 Å². The molecule has 1 aromatic heterocycles. The first-order chi connectivity index (χ1) is 8.33. The van der Waals surface area contributed by atoms with Gasteiger partial charge in [-0.3, -0.25) is 10.1 Å². The molecular formula is C9H10F3N3O3. The zero-order valence-corrected chi connectivity index (χ0v) is 9.09. The van der Waals surface area contributed by atoms with Crippen molar-refractivity contribution in [2.75, 3.05) is 24.6 Å². The lowest BCUT2D eigenvalue weighted by Crippen LogP contribution is -2.36. The first-order valence-corrected chi connectivity index (χ1v) is 4.86. The van der Waals surface area contributed by atoms with Gasteiger partial charge in [0, 0.05) is 18.8 Å². The summed E-state index contributed by atoms with van der Waals surface area (Å²) < 4.78 is 36.9. The number of aromatic nitrogens is 1. The molecule has 0 aliphatic heterocycles. The van der Waals surface area contributed by atoms with Crippen LogP contribution in [-0.2, 0) is 0 Å². The number of pyridine rings is 1. The predicted molar refractivity (Wildman–Crippen MR) is 56.2 cm³/mol. The first-order valence-electron chi connectivity index (χ1n) is 4.86. The standard InChI is InChI=1S/C9H10F3N3O3/c10-9(11,12)6-14(3-4-16)8-5-7(15(17)18)1-2-13-8/h1-2,5,16H,3-4,6H2. The van der Waals surface area contributed by atoms with E-state index in [1.165, 1.54) is 0 Å². The van der Waals surface area contributed by atoms with E-state index in [1.54, 1.807) is 0 Å². The first kappa shape index (κ1) is 14.2. The SMILES string of the molecule is O=[N+]([O-])c1ccnc(N(CCO)CC(F)(F)F)c1. The highest BCUT2D eigenvalue weighted by molar-refractivity contribution is 5.46. The Morgan fingerprint density at radius 1 is 1.50 bits per heavy atom. The van der Waals surface area contributed by atoms with Crippen molar-refractivity contribution in [3.63, 3.8) is 0 Å². The van der Waals surface area contributed by atoms with E-state index in [0.717, 1.165) is 23.2 Å². The van der Waals surface area contributed by atoms with E-state index < -0.39 is 24.3 Å². The van der Waals surface area contributed by atoms with Gasteiger partial charge in [-0.15, -0.1) is 0 Å². The van der Waals surface area contributed by atoms with E-state index in [-0.39, 0.29) is 18.1 Å². The smallest absolute Gasteiger partial charge is 0.395 e. The van der Waals surface area contributed by atoms with Gasteiger partial charge in [0.2, 0.25) is 0 Å². The molecule has 0 aliphatic carbocycles. The van der Waals surface area contributed by atoms with Crippen molar-refractivity contribution in [1.29, 1.82) is 0 Å². The molecule has 1 N–H and O–H groups in total. The molecule has 1 aromatic rings. The van der Waals surface area contributed by atoms with Crippen LogP contribution in [0, 0.1) is 10.1 Å². The van der Waals surface area contributed by atoms with Gasteiger partial charge in [-0.2, -0.15) is 13.2 Å². The second-order valence-electron chi connectivity index (χ2n) is 3.39. The van der Waals surface area contributed by atoms with Crippen molar-refractivity contribution in [3.05, 3.63) is 28.4 Å². The summed E-state index contributed by atoms with van der Waals surface area (Å²) in [6.45, 7) is -2.16. The number of nitro groups is 1. The van der Waals surface area contributed by atoms with E-state index in [9.17, 15) is 23.3 Å². The average Bonchev–Trinajstić information content (AvgIpc) is 2.27. The van der Waals surface area contributed by atoms with E-state index in [1.807, 2.05) is 0 Å². The zero-order valence-electron chi connectivity index (χ0n) is 9.09. The van der Waals surface area contributed by atoms with Gasteiger partial charge in [0.1, 0.15) is 12.4 Å². The van der Waals surface area contributed by atoms with E-state index in [2.05, 4.69) is 4.98 Å². The maximum absolute atomic E-state index is 12.3. The molecular weight excluding hydrogens is 255 g/mol. The molecule has 0 amide bonds. The molecule has 0 aliphatic rings. The number of nitrogens with zero attached hydrogens (tertiary/aromatic N) is 3. The van der Waals surface area contributed by atoms with Crippen LogP contribution < -0.4 is 4.90 Å². The maximum atomic E-state index is 12.3. The van der Waals surface area contributed by atoms with Crippen molar-refractivity contribution in [2.24, 2.45) is 0 Å². The van der Waals surface area contributed by atoms with Gasteiger partial charge in [-0.1, -0.05) is 0 Å². The Balaban J connectivity index is 2.98. The van der Waals surface area contributed by atoms with E-state index in [0.29, 0.717) is 0 Å².